The fraction of sp³-hybridized carbons (Fsp3) is 0.429. The van der Waals surface area contributed by atoms with Crippen molar-refractivity contribution in [3.63, 3.8) is 0 Å². The first kappa shape index (κ1) is 17.0. The highest BCUT2D eigenvalue weighted by atomic mass is 32.1. The van der Waals surface area contributed by atoms with Crippen LogP contribution in [-0.2, 0) is 0 Å². The lowest BCUT2D eigenvalue weighted by molar-refractivity contribution is 0.324. The molecule has 1 aromatic carbocycles. The maximum absolute atomic E-state index is 5.27. The summed E-state index contributed by atoms with van der Waals surface area (Å²) in [4.78, 5) is 0. The van der Waals surface area contributed by atoms with Gasteiger partial charge in [0.2, 0.25) is 5.75 Å². The van der Waals surface area contributed by atoms with Crippen LogP contribution in [0.4, 0.5) is 0 Å². The maximum Gasteiger partial charge on any atom is 0.203 e. The van der Waals surface area contributed by atoms with Crippen molar-refractivity contribution in [3.8, 4) is 17.2 Å². The minimum atomic E-state index is 0.251. The van der Waals surface area contributed by atoms with E-state index in [1.807, 2.05) is 13.8 Å². The van der Waals surface area contributed by atoms with E-state index >= 15 is 0 Å². The summed E-state index contributed by atoms with van der Waals surface area (Å²) in [5.74, 6) is 1.68. The molecule has 6 nitrogen and oxygen atoms in total. The molecule has 0 aliphatic heterocycles. The Labute approximate surface area is 130 Å². The number of hydrogen-bond acceptors (Lipinski definition) is 5. The molecule has 21 heavy (non-hydrogen) atoms. The molecule has 0 heterocycles. The van der Waals surface area contributed by atoms with Crippen molar-refractivity contribution in [1.29, 1.82) is 0 Å². The summed E-state index contributed by atoms with van der Waals surface area (Å²) in [6.07, 6.45) is 1.62. The molecule has 0 amide bonds. The number of hydrogen-bond donors (Lipinski definition) is 2. The number of nitrogens with one attached hydrogen (secondary N) is 2. The summed E-state index contributed by atoms with van der Waals surface area (Å²) >= 11 is 5.08. The largest absolute Gasteiger partial charge is 0.493 e. The van der Waals surface area contributed by atoms with Crippen LogP contribution in [0, 0.1) is 0 Å². The zero-order valence-electron chi connectivity index (χ0n) is 12.9. The van der Waals surface area contributed by atoms with E-state index in [0.717, 1.165) is 5.56 Å². The quantitative estimate of drug-likeness (QED) is 0.475. The third kappa shape index (κ3) is 5.11. The number of rotatable bonds is 6. The molecule has 0 saturated carbocycles. The van der Waals surface area contributed by atoms with Gasteiger partial charge in [-0.05, 0) is 38.2 Å². The number of hydrazone groups is 1. The van der Waals surface area contributed by atoms with Gasteiger partial charge in [-0.3, -0.25) is 5.43 Å². The van der Waals surface area contributed by atoms with E-state index in [4.69, 9.17) is 26.4 Å². The Bertz CT molecular complexity index is 493. The second kappa shape index (κ2) is 8.31. The molecule has 0 aliphatic rings. The standard InChI is InChI=1S/C14H21N3O3S/c1-9(2)16-14(21)17-15-8-10-6-11(18-3)13(20-5)12(7-10)19-4/h6-9H,1-5H3,(H2,16,17,21)/b15-8+. The summed E-state index contributed by atoms with van der Waals surface area (Å²) in [6, 6.07) is 3.85. The Morgan fingerprint density at radius 3 is 2.14 bits per heavy atom. The fourth-order valence-corrected chi connectivity index (χ4v) is 1.92. The molecule has 0 spiro atoms. The lowest BCUT2D eigenvalue weighted by Crippen LogP contribution is -2.36. The highest BCUT2D eigenvalue weighted by molar-refractivity contribution is 7.80. The second-order valence-corrected chi connectivity index (χ2v) is 4.87. The first-order valence-electron chi connectivity index (χ1n) is 6.41. The average Bonchev–Trinajstić information content (AvgIpc) is 2.45. The van der Waals surface area contributed by atoms with Gasteiger partial charge in [0.15, 0.2) is 16.6 Å². The van der Waals surface area contributed by atoms with E-state index in [-0.39, 0.29) is 6.04 Å². The summed E-state index contributed by atoms with van der Waals surface area (Å²) in [5, 5.41) is 7.57. The predicted octanol–water partition coefficient (Wildman–Crippen LogP) is 1.92. The third-order valence-corrected chi connectivity index (χ3v) is 2.70. The van der Waals surface area contributed by atoms with Crippen LogP contribution in [0.3, 0.4) is 0 Å². The zero-order chi connectivity index (χ0) is 15.8. The maximum atomic E-state index is 5.27. The first-order valence-corrected chi connectivity index (χ1v) is 6.82. The number of methoxy groups -OCH3 is 3. The topological polar surface area (TPSA) is 64.1 Å². The van der Waals surface area contributed by atoms with Crippen molar-refractivity contribution >= 4 is 23.5 Å². The van der Waals surface area contributed by atoms with E-state index in [1.165, 1.54) is 0 Å². The summed E-state index contributed by atoms with van der Waals surface area (Å²) < 4.78 is 15.8. The van der Waals surface area contributed by atoms with Crippen molar-refractivity contribution in [2.45, 2.75) is 19.9 Å². The highest BCUT2D eigenvalue weighted by Gasteiger charge is 2.12. The van der Waals surface area contributed by atoms with Crippen molar-refractivity contribution in [3.05, 3.63) is 17.7 Å². The second-order valence-electron chi connectivity index (χ2n) is 4.46. The normalized spacial score (nSPS) is 10.6. The van der Waals surface area contributed by atoms with Crippen LogP contribution in [0.15, 0.2) is 17.2 Å². The van der Waals surface area contributed by atoms with Gasteiger partial charge >= 0.3 is 0 Å². The van der Waals surface area contributed by atoms with E-state index in [9.17, 15) is 0 Å². The third-order valence-electron chi connectivity index (χ3n) is 2.49. The van der Waals surface area contributed by atoms with Gasteiger partial charge in [-0.15, -0.1) is 0 Å². The van der Waals surface area contributed by atoms with Gasteiger partial charge < -0.3 is 19.5 Å². The van der Waals surface area contributed by atoms with Crippen molar-refractivity contribution in [2.75, 3.05) is 21.3 Å². The minimum Gasteiger partial charge on any atom is -0.493 e. The molecule has 0 aliphatic carbocycles. The number of ether oxygens (including phenoxy) is 3. The summed E-state index contributed by atoms with van der Waals surface area (Å²) in [5.41, 5.74) is 3.54. The van der Waals surface area contributed by atoms with Crippen molar-refractivity contribution in [1.82, 2.24) is 10.7 Å². The number of benzene rings is 1. The molecule has 0 aromatic heterocycles. The molecule has 1 rings (SSSR count). The molecule has 2 N–H and O–H groups in total. The smallest absolute Gasteiger partial charge is 0.203 e. The first-order chi connectivity index (χ1) is 10.0. The van der Waals surface area contributed by atoms with E-state index in [0.29, 0.717) is 22.4 Å². The molecular weight excluding hydrogens is 290 g/mol. The molecule has 7 heteroatoms. The Morgan fingerprint density at radius 1 is 1.14 bits per heavy atom. The highest BCUT2D eigenvalue weighted by Crippen LogP contribution is 2.37. The molecule has 0 bridgehead atoms. The molecule has 0 radical (unpaired) electrons. The van der Waals surface area contributed by atoms with Crippen LogP contribution < -0.4 is 25.0 Å². The zero-order valence-corrected chi connectivity index (χ0v) is 13.7. The summed E-state index contributed by atoms with van der Waals surface area (Å²) in [7, 11) is 4.70. The Kier molecular flexibility index (Phi) is 6.74. The lowest BCUT2D eigenvalue weighted by Gasteiger charge is -2.13. The van der Waals surface area contributed by atoms with E-state index < -0.39 is 0 Å². The summed E-state index contributed by atoms with van der Waals surface area (Å²) in [6.45, 7) is 3.99. The predicted molar refractivity (Wildman–Crippen MR) is 87.7 cm³/mol. The Hall–Kier alpha value is -2.02. The van der Waals surface area contributed by atoms with Gasteiger partial charge in [0.25, 0.3) is 0 Å². The number of nitrogens with zero attached hydrogens (tertiary/aromatic N) is 1. The number of thiocarbonyl (C=S) groups is 1. The van der Waals surface area contributed by atoms with Crippen molar-refractivity contribution in [2.24, 2.45) is 5.10 Å². The van der Waals surface area contributed by atoms with Gasteiger partial charge in [0.1, 0.15) is 0 Å². The molecule has 116 valence electrons. The van der Waals surface area contributed by atoms with Crippen LogP contribution in [-0.4, -0.2) is 38.7 Å². The van der Waals surface area contributed by atoms with Gasteiger partial charge in [-0.2, -0.15) is 5.10 Å². The van der Waals surface area contributed by atoms with E-state index in [1.54, 1.807) is 39.7 Å². The average molecular weight is 311 g/mol. The van der Waals surface area contributed by atoms with Gasteiger partial charge in [0.05, 0.1) is 27.5 Å². The van der Waals surface area contributed by atoms with Gasteiger partial charge in [-0.1, -0.05) is 0 Å². The van der Waals surface area contributed by atoms with Crippen LogP contribution in [0.5, 0.6) is 17.2 Å². The molecular formula is C14H21N3O3S. The SMILES string of the molecule is COc1cc(/C=N/NC(=S)NC(C)C)cc(OC)c1OC. The van der Waals surface area contributed by atoms with Crippen molar-refractivity contribution < 1.29 is 14.2 Å². The van der Waals surface area contributed by atoms with E-state index in [2.05, 4.69) is 15.8 Å². The monoisotopic (exact) mass is 311 g/mol. The molecule has 0 fully saturated rings. The molecule has 0 saturated heterocycles. The lowest BCUT2D eigenvalue weighted by atomic mass is 10.2. The van der Waals surface area contributed by atoms with Gasteiger partial charge in [-0.25, -0.2) is 0 Å². The molecule has 1 aromatic rings. The van der Waals surface area contributed by atoms with Crippen LogP contribution in [0.2, 0.25) is 0 Å². The minimum absolute atomic E-state index is 0.251. The Morgan fingerprint density at radius 2 is 1.71 bits per heavy atom. The van der Waals surface area contributed by atoms with Crippen LogP contribution in [0.1, 0.15) is 19.4 Å². The molecule has 0 unspecified atom stereocenters. The van der Waals surface area contributed by atoms with Crippen LogP contribution >= 0.6 is 12.2 Å². The molecule has 0 atom stereocenters. The fourth-order valence-electron chi connectivity index (χ4n) is 1.64. The van der Waals surface area contributed by atoms with Crippen LogP contribution in [0.25, 0.3) is 0 Å². The Balaban J connectivity index is 2.86. The van der Waals surface area contributed by atoms with Gasteiger partial charge in [0, 0.05) is 11.6 Å².